The number of amides is 3. The molecule has 1 rings (SSSR count). The van der Waals surface area contributed by atoms with Crippen LogP contribution in [0.4, 0.5) is 10.5 Å². The first-order valence-corrected chi connectivity index (χ1v) is 6.11. The first-order chi connectivity index (χ1) is 9.06. The second kappa shape index (κ2) is 7.38. The number of aliphatic hydroxyl groups is 1. The number of hydrogen-bond acceptors (Lipinski definition) is 4. The van der Waals surface area contributed by atoms with E-state index in [1.807, 2.05) is 0 Å². The number of imide groups is 1. The normalized spacial score (nSPS) is 11.5. The Morgan fingerprint density at radius 1 is 1.37 bits per heavy atom. The Morgan fingerprint density at radius 2 is 2.11 bits per heavy atom. The lowest BCUT2D eigenvalue weighted by Crippen LogP contribution is -2.45. The van der Waals surface area contributed by atoms with Gasteiger partial charge in [-0.2, -0.15) is 0 Å². The zero-order valence-electron chi connectivity index (χ0n) is 11.1. The molecule has 0 aromatic heterocycles. The highest BCUT2D eigenvalue weighted by Gasteiger charge is 2.15. The van der Waals surface area contributed by atoms with Gasteiger partial charge < -0.3 is 15.7 Å². The lowest BCUT2D eigenvalue weighted by molar-refractivity contribution is -0.120. The third-order valence-corrected chi connectivity index (χ3v) is 2.46. The topological polar surface area (TPSA) is 90.5 Å². The van der Waals surface area contributed by atoms with Crippen molar-refractivity contribution in [1.82, 2.24) is 10.6 Å². The molecule has 6 nitrogen and oxygen atoms in total. The maximum absolute atomic E-state index is 11.7. The number of hydrogen-bond donors (Lipinski definition) is 4. The molecule has 3 amide bonds. The fraction of sp³-hybridized carbons (Fsp3) is 0.385. The average molecular weight is 265 g/mol. The van der Waals surface area contributed by atoms with Gasteiger partial charge >= 0.3 is 6.03 Å². The second-order valence-electron chi connectivity index (χ2n) is 4.07. The quantitative estimate of drug-likeness (QED) is 0.634. The molecule has 0 heterocycles. The molecule has 0 aliphatic carbocycles. The van der Waals surface area contributed by atoms with E-state index in [2.05, 4.69) is 16.0 Å². The molecule has 0 fully saturated rings. The molecule has 0 saturated carbocycles. The molecule has 4 N–H and O–H groups in total. The van der Waals surface area contributed by atoms with Gasteiger partial charge in [0.2, 0.25) is 5.91 Å². The van der Waals surface area contributed by atoms with Crippen LogP contribution in [0.3, 0.4) is 0 Å². The van der Waals surface area contributed by atoms with Gasteiger partial charge in [-0.1, -0.05) is 12.1 Å². The minimum absolute atomic E-state index is 0.0605. The van der Waals surface area contributed by atoms with E-state index in [-0.39, 0.29) is 6.61 Å². The van der Waals surface area contributed by atoms with Crippen molar-refractivity contribution < 1.29 is 14.7 Å². The number of carbonyl (C=O) groups is 2. The predicted octanol–water partition coefficient (Wildman–Crippen LogP) is 0.825. The summed E-state index contributed by atoms with van der Waals surface area (Å²) in [5.41, 5.74) is 1.46. The average Bonchev–Trinajstić information content (AvgIpc) is 2.39. The van der Waals surface area contributed by atoms with Gasteiger partial charge in [0.15, 0.2) is 0 Å². The molecule has 1 aromatic rings. The molecule has 1 unspecified atom stereocenters. The molecule has 0 spiro atoms. The molecule has 1 aromatic carbocycles. The molecular weight excluding hydrogens is 246 g/mol. The Hall–Kier alpha value is -2.08. The number of benzene rings is 1. The third kappa shape index (κ3) is 4.97. The fourth-order valence-electron chi connectivity index (χ4n) is 1.50. The Bertz CT molecular complexity index is 449. The summed E-state index contributed by atoms with van der Waals surface area (Å²) in [7, 11) is 0. The van der Waals surface area contributed by atoms with Crippen LogP contribution in [-0.2, 0) is 11.4 Å². The minimum atomic E-state index is -0.559. The molecule has 19 heavy (non-hydrogen) atoms. The van der Waals surface area contributed by atoms with Crippen molar-refractivity contribution in [1.29, 1.82) is 0 Å². The Labute approximate surface area is 112 Å². The summed E-state index contributed by atoms with van der Waals surface area (Å²) in [6.07, 6.45) is 0. The largest absolute Gasteiger partial charge is 0.392 e. The Balaban J connectivity index is 2.55. The van der Waals surface area contributed by atoms with E-state index in [1.54, 1.807) is 38.1 Å². The summed E-state index contributed by atoms with van der Waals surface area (Å²) in [4.78, 5) is 22.9. The zero-order valence-corrected chi connectivity index (χ0v) is 11.1. The lowest BCUT2D eigenvalue weighted by atomic mass is 10.2. The van der Waals surface area contributed by atoms with Gasteiger partial charge in [-0.15, -0.1) is 0 Å². The number of rotatable bonds is 5. The van der Waals surface area contributed by atoms with E-state index in [4.69, 9.17) is 5.11 Å². The molecule has 0 aliphatic heterocycles. The van der Waals surface area contributed by atoms with Gasteiger partial charge in [0.25, 0.3) is 0 Å². The van der Waals surface area contributed by atoms with Crippen molar-refractivity contribution in [2.75, 3.05) is 11.9 Å². The number of anilines is 1. The van der Waals surface area contributed by atoms with Crippen LogP contribution in [-0.4, -0.2) is 29.6 Å². The predicted molar refractivity (Wildman–Crippen MR) is 72.7 cm³/mol. The fourth-order valence-corrected chi connectivity index (χ4v) is 1.50. The van der Waals surface area contributed by atoms with Crippen LogP contribution in [0.25, 0.3) is 0 Å². The molecular formula is C13H19N3O3. The van der Waals surface area contributed by atoms with Crippen molar-refractivity contribution in [3.05, 3.63) is 29.8 Å². The number of aliphatic hydroxyl groups excluding tert-OH is 1. The number of urea groups is 1. The van der Waals surface area contributed by atoms with Gasteiger partial charge in [-0.05, 0) is 31.5 Å². The van der Waals surface area contributed by atoms with Crippen molar-refractivity contribution >= 4 is 17.6 Å². The van der Waals surface area contributed by atoms with Gasteiger partial charge in [0, 0.05) is 12.2 Å². The highest BCUT2D eigenvalue weighted by Crippen LogP contribution is 2.11. The summed E-state index contributed by atoms with van der Waals surface area (Å²) in [6.45, 7) is 3.82. The summed E-state index contributed by atoms with van der Waals surface area (Å²) in [5.74, 6) is -0.416. The van der Waals surface area contributed by atoms with Crippen molar-refractivity contribution in [2.45, 2.75) is 26.5 Å². The van der Waals surface area contributed by atoms with Crippen LogP contribution in [0.15, 0.2) is 24.3 Å². The van der Waals surface area contributed by atoms with Crippen LogP contribution >= 0.6 is 0 Å². The molecule has 104 valence electrons. The van der Waals surface area contributed by atoms with E-state index in [9.17, 15) is 9.59 Å². The van der Waals surface area contributed by atoms with E-state index < -0.39 is 18.0 Å². The first-order valence-electron chi connectivity index (χ1n) is 6.11. The molecule has 0 bridgehead atoms. The number of nitrogens with one attached hydrogen (secondary N) is 3. The maximum Gasteiger partial charge on any atom is 0.321 e. The molecule has 0 aliphatic rings. The molecule has 1 atom stereocenters. The van der Waals surface area contributed by atoms with Gasteiger partial charge in [0.05, 0.1) is 6.61 Å². The van der Waals surface area contributed by atoms with Crippen molar-refractivity contribution in [2.24, 2.45) is 0 Å². The maximum atomic E-state index is 11.7. The summed E-state index contributed by atoms with van der Waals surface area (Å²) < 4.78 is 0. The van der Waals surface area contributed by atoms with Gasteiger partial charge in [-0.3, -0.25) is 10.1 Å². The molecule has 0 radical (unpaired) electrons. The molecule has 0 saturated heterocycles. The second-order valence-corrected chi connectivity index (χ2v) is 4.07. The summed E-state index contributed by atoms with van der Waals surface area (Å²) in [6, 6.07) is 6.03. The third-order valence-electron chi connectivity index (χ3n) is 2.46. The van der Waals surface area contributed by atoms with Gasteiger partial charge in [0.1, 0.15) is 6.04 Å². The van der Waals surface area contributed by atoms with Crippen LogP contribution in [0.1, 0.15) is 19.4 Å². The minimum Gasteiger partial charge on any atom is -0.392 e. The standard InChI is InChI=1S/C13H19N3O3/c1-3-14-13(19)16-12(18)9(2)15-11-6-4-5-10(7-11)8-17/h4-7,9,15,17H,3,8H2,1-2H3,(H2,14,16,18,19). The molecule has 6 heteroatoms. The van der Waals surface area contributed by atoms with Crippen LogP contribution in [0.5, 0.6) is 0 Å². The van der Waals surface area contributed by atoms with Crippen LogP contribution < -0.4 is 16.0 Å². The highest BCUT2D eigenvalue weighted by molar-refractivity contribution is 5.97. The first kappa shape index (κ1) is 15.0. The summed E-state index contributed by atoms with van der Waals surface area (Å²) in [5, 5.41) is 16.7. The lowest BCUT2D eigenvalue weighted by Gasteiger charge is -2.15. The van der Waals surface area contributed by atoms with Crippen molar-refractivity contribution in [3.63, 3.8) is 0 Å². The van der Waals surface area contributed by atoms with E-state index in [0.29, 0.717) is 12.2 Å². The van der Waals surface area contributed by atoms with Crippen LogP contribution in [0.2, 0.25) is 0 Å². The Kier molecular flexibility index (Phi) is 5.81. The monoisotopic (exact) mass is 265 g/mol. The van der Waals surface area contributed by atoms with E-state index >= 15 is 0 Å². The zero-order chi connectivity index (χ0) is 14.3. The van der Waals surface area contributed by atoms with Crippen LogP contribution in [0, 0.1) is 0 Å². The number of carbonyl (C=O) groups excluding carboxylic acids is 2. The van der Waals surface area contributed by atoms with Gasteiger partial charge in [-0.25, -0.2) is 4.79 Å². The summed E-state index contributed by atoms with van der Waals surface area (Å²) >= 11 is 0. The van der Waals surface area contributed by atoms with E-state index in [1.165, 1.54) is 0 Å². The SMILES string of the molecule is CCNC(=O)NC(=O)C(C)Nc1cccc(CO)c1. The highest BCUT2D eigenvalue weighted by atomic mass is 16.3. The van der Waals surface area contributed by atoms with Crippen molar-refractivity contribution in [3.8, 4) is 0 Å². The smallest absolute Gasteiger partial charge is 0.321 e. The Morgan fingerprint density at radius 3 is 2.74 bits per heavy atom. The van der Waals surface area contributed by atoms with E-state index in [0.717, 1.165) is 5.56 Å².